The van der Waals surface area contributed by atoms with Gasteiger partial charge in [-0.3, -0.25) is 0 Å². The van der Waals surface area contributed by atoms with Crippen molar-refractivity contribution < 1.29 is 9.53 Å². The fourth-order valence-corrected chi connectivity index (χ4v) is 3.25. The summed E-state index contributed by atoms with van der Waals surface area (Å²) in [5.74, 6) is 0.790. The zero-order chi connectivity index (χ0) is 21.9. The van der Waals surface area contributed by atoms with Gasteiger partial charge in [-0.2, -0.15) is 5.26 Å². The summed E-state index contributed by atoms with van der Waals surface area (Å²) in [4.78, 5) is 18.9. The standard InChI is InChI=1S/C24H27N5O2/c1-2-31-23-7-4-3-6-21(23)18-29(16-5-15-28-17-14-26-19-28)24(30)27-22-10-8-20(9-11-22)12-13-25/h3-4,6-11,14,17,19H,2,5,12,15-16,18H2,1H3,(H,27,30). The lowest BCUT2D eigenvalue weighted by Gasteiger charge is -2.24. The Balaban J connectivity index is 1.70. The van der Waals surface area contributed by atoms with E-state index >= 15 is 0 Å². The number of aromatic nitrogens is 2. The molecule has 2 amide bonds. The van der Waals surface area contributed by atoms with Crippen LogP contribution < -0.4 is 10.1 Å². The predicted octanol–water partition coefficient (Wildman–Crippen LogP) is 4.47. The minimum absolute atomic E-state index is 0.176. The molecule has 3 rings (SSSR count). The fraction of sp³-hybridized carbons (Fsp3) is 0.292. The van der Waals surface area contributed by atoms with Crippen molar-refractivity contribution in [1.82, 2.24) is 14.5 Å². The maximum Gasteiger partial charge on any atom is 0.322 e. The highest BCUT2D eigenvalue weighted by Crippen LogP contribution is 2.21. The van der Waals surface area contributed by atoms with Gasteiger partial charge in [-0.15, -0.1) is 0 Å². The minimum atomic E-state index is -0.176. The van der Waals surface area contributed by atoms with Crippen molar-refractivity contribution in [3.8, 4) is 11.8 Å². The number of anilines is 1. The lowest BCUT2D eigenvalue weighted by atomic mass is 10.1. The minimum Gasteiger partial charge on any atom is -0.494 e. The number of urea groups is 1. The summed E-state index contributed by atoms with van der Waals surface area (Å²) < 4.78 is 7.74. The Hall–Kier alpha value is -3.79. The number of nitriles is 1. The summed E-state index contributed by atoms with van der Waals surface area (Å²) in [5.41, 5.74) is 2.58. The van der Waals surface area contributed by atoms with Crippen LogP contribution >= 0.6 is 0 Å². The molecule has 31 heavy (non-hydrogen) atoms. The van der Waals surface area contributed by atoms with Crippen molar-refractivity contribution in [2.45, 2.75) is 32.9 Å². The van der Waals surface area contributed by atoms with Crippen molar-refractivity contribution >= 4 is 11.7 Å². The molecule has 0 aliphatic rings. The second-order valence-corrected chi connectivity index (χ2v) is 7.08. The van der Waals surface area contributed by atoms with Crippen LogP contribution in [0.25, 0.3) is 0 Å². The third-order valence-corrected chi connectivity index (χ3v) is 4.81. The number of benzene rings is 2. The molecule has 0 aliphatic carbocycles. The van der Waals surface area contributed by atoms with Gasteiger partial charge in [-0.25, -0.2) is 9.78 Å². The molecule has 0 fully saturated rings. The number of imidazole rings is 1. The van der Waals surface area contributed by atoms with Gasteiger partial charge in [0.1, 0.15) is 5.75 Å². The van der Waals surface area contributed by atoms with Crippen LogP contribution in [-0.4, -0.2) is 33.6 Å². The van der Waals surface area contributed by atoms with E-state index in [1.54, 1.807) is 17.4 Å². The van der Waals surface area contributed by atoms with Crippen LogP contribution in [0.5, 0.6) is 5.75 Å². The van der Waals surface area contributed by atoms with Gasteiger partial charge in [0.15, 0.2) is 0 Å². The fourth-order valence-electron chi connectivity index (χ4n) is 3.25. The molecule has 160 valence electrons. The van der Waals surface area contributed by atoms with E-state index in [4.69, 9.17) is 10.00 Å². The van der Waals surface area contributed by atoms with Crippen LogP contribution in [0.2, 0.25) is 0 Å². The first kappa shape index (κ1) is 21.9. The number of hydrogen-bond donors (Lipinski definition) is 1. The summed E-state index contributed by atoms with van der Waals surface area (Å²) in [6, 6.07) is 17.1. The molecule has 2 aromatic carbocycles. The van der Waals surface area contributed by atoms with Gasteiger partial charge in [-0.1, -0.05) is 30.3 Å². The molecular weight excluding hydrogens is 390 g/mol. The van der Waals surface area contributed by atoms with E-state index < -0.39 is 0 Å². The van der Waals surface area contributed by atoms with Crippen LogP contribution in [0.15, 0.2) is 67.3 Å². The number of para-hydroxylation sites is 1. The highest BCUT2D eigenvalue weighted by molar-refractivity contribution is 5.89. The Morgan fingerprint density at radius 3 is 2.74 bits per heavy atom. The van der Waals surface area contributed by atoms with Gasteiger partial charge < -0.3 is 19.5 Å². The largest absolute Gasteiger partial charge is 0.494 e. The zero-order valence-electron chi connectivity index (χ0n) is 17.7. The number of amides is 2. The van der Waals surface area contributed by atoms with E-state index in [9.17, 15) is 4.79 Å². The monoisotopic (exact) mass is 417 g/mol. The van der Waals surface area contributed by atoms with Crippen LogP contribution in [0, 0.1) is 11.3 Å². The predicted molar refractivity (Wildman–Crippen MR) is 120 cm³/mol. The molecule has 0 unspecified atom stereocenters. The molecule has 0 saturated heterocycles. The molecule has 7 nitrogen and oxygen atoms in total. The van der Waals surface area contributed by atoms with Gasteiger partial charge in [0.2, 0.25) is 0 Å². The van der Waals surface area contributed by atoms with E-state index in [1.165, 1.54) is 0 Å². The number of hydrogen-bond acceptors (Lipinski definition) is 4. The van der Waals surface area contributed by atoms with Gasteiger partial charge >= 0.3 is 6.03 Å². The second kappa shape index (κ2) is 11.4. The van der Waals surface area contributed by atoms with E-state index in [1.807, 2.05) is 66.2 Å². The molecule has 7 heteroatoms. The number of ether oxygens (including phenoxy) is 1. The SMILES string of the molecule is CCOc1ccccc1CN(CCCn1ccnc1)C(=O)Nc1ccc(CC#N)cc1. The van der Waals surface area contributed by atoms with Gasteiger partial charge in [0.25, 0.3) is 0 Å². The summed E-state index contributed by atoms with van der Waals surface area (Å²) in [6.07, 6.45) is 6.58. The zero-order valence-corrected chi connectivity index (χ0v) is 17.7. The molecule has 0 atom stereocenters. The number of nitrogens with one attached hydrogen (secondary N) is 1. The Kier molecular flexibility index (Phi) is 8.06. The van der Waals surface area contributed by atoms with Crippen molar-refractivity contribution in [2.75, 3.05) is 18.5 Å². The van der Waals surface area contributed by atoms with Crippen molar-refractivity contribution in [3.63, 3.8) is 0 Å². The van der Waals surface area contributed by atoms with E-state index in [0.717, 1.165) is 29.8 Å². The lowest BCUT2D eigenvalue weighted by Crippen LogP contribution is -2.35. The van der Waals surface area contributed by atoms with Crippen LogP contribution in [-0.2, 0) is 19.5 Å². The van der Waals surface area contributed by atoms with E-state index in [2.05, 4.69) is 16.4 Å². The highest BCUT2D eigenvalue weighted by atomic mass is 16.5. The average Bonchev–Trinajstić information content (AvgIpc) is 3.29. The number of carbonyl (C=O) groups is 1. The van der Waals surface area contributed by atoms with Crippen molar-refractivity contribution in [3.05, 3.63) is 78.4 Å². The molecule has 0 bridgehead atoms. The molecule has 3 aromatic rings. The Morgan fingerprint density at radius 1 is 1.23 bits per heavy atom. The Labute approximate surface area is 182 Å². The smallest absolute Gasteiger partial charge is 0.322 e. The molecular formula is C24H27N5O2. The lowest BCUT2D eigenvalue weighted by molar-refractivity contribution is 0.206. The topological polar surface area (TPSA) is 83.2 Å². The van der Waals surface area contributed by atoms with E-state index in [-0.39, 0.29) is 6.03 Å². The van der Waals surface area contributed by atoms with Crippen LogP contribution in [0.4, 0.5) is 10.5 Å². The Bertz CT molecular complexity index is 994. The van der Waals surface area contributed by atoms with Gasteiger partial charge in [0, 0.05) is 36.7 Å². The first-order valence-electron chi connectivity index (χ1n) is 10.4. The highest BCUT2D eigenvalue weighted by Gasteiger charge is 2.16. The van der Waals surface area contributed by atoms with Gasteiger partial charge in [-0.05, 0) is 37.1 Å². The first-order valence-corrected chi connectivity index (χ1v) is 10.4. The first-order chi connectivity index (χ1) is 15.2. The Morgan fingerprint density at radius 2 is 2.03 bits per heavy atom. The van der Waals surface area contributed by atoms with Crippen LogP contribution in [0.3, 0.4) is 0 Å². The normalized spacial score (nSPS) is 10.3. The third-order valence-electron chi connectivity index (χ3n) is 4.81. The molecule has 1 aromatic heterocycles. The number of carbonyl (C=O) groups excluding carboxylic acids is 1. The molecule has 0 spiro atoms. The summed E-state index contributed by atoms with van der Waals surface area (Å²) in [5, 5.41) is 11.8. The summed E-state index contributed by atoms with van der Waals surface area (Å²) >= 11 is 0. The van der Waals surface area contributed by atoms with E-state index in [0.29, 0.717) is 31.8 Å². The number of nitrogens with zero attached hydrogens (tertiary/aromatic N) is 4. The van der Waals surface area contributed by atoms with Crippen LogP contribution in [0.1, 0.15) is 24.5 Å². The van der Waals surface area contributed by atoms with Crippen molar-refractivity contribution in [1.29, 1.82) is 5.26 Å². The molecule has 1 N–H and O–H groups in total. The van der Waals surface area contributed by atoms with Crippen molar-refractivity contribution in [2.24, 2.45) is 0 Å². The second-order valence-electron chi connectivity index (χ2n) is 7.08. The molecule has 0 radical (unpaired) electrons. The number of rotatable bonds is 10. The molecule has 1 heterocycles. The third kappa shape index (κ3) is 6.61. The maximum atomic E-state index is 13.1. The molecule has 0 saturated carbocycles. The average molecular weight is 418 g/mol. The summed E-state index contributed by atoms with van der Waals surface area (Å²) in [6.45, 7) is 4.32. The summed E-state index contributed by atoms with van der Waals surface area (Å²) in [7, 11) is 0. The maximum absolute atomic E-state index is 13.1. The van der Waals surface area contributed by atoms with Gasteiger partial charge in [0.05, 0.1) is 32.0 Å². The quantitative estimate of drug-likeness (QED) is 0.527. The molecule has 0 aliphatic heterocycles. The number of aryl methyl sites for hydroxylation is 1.